The molecule has 1 radical (unpaired) electrons. The number of aliphatic imine (C=N–C) groups is 1. The second kappa shape index (κ2) is 10.3. The number of hydrogen-bond donors (Lipinski definition) is 0. The highest BCUT2D eigenvalue weighted by molar-refractivity contribution is 7.80. The first-order chi connectivity index (χ1) is 14.1. The van der Waals surface area contributed by atoms with Crippen LogP contribution in [0.3, 0.4) is 0 Å². The fourth-order valence-corrected chi connectivity index (χ4v) is 3.25. The van der Waals surface area contributed by atoms with Crippen LogP contribution in [0.4, 0.5) is 5.69 Å². The molecule has 0 bridgehead atoms. The summed E-state index contributed by atoms with van der Waals surface area (Å²) in [6.45, 7) is 15.6. The lowest BCUT2D eigenvalue weighted by Crippen LogP contribution is -2.21. The summed E-state index contributed by atoms with van der Waals surface area (Å²) in [5.41, 5.74) is 3.28. The Bertz CT molecular complexity index is 871. The maximum Gasteiger partial charge on any atom is 0.246 e. The number of rotatable bonds is 9. The summed E-state index contributed by atoms with van der Waals surface area (Å²) >= 11 is 5.37. The Balaban J connectivity index is 2.37. The number of para-hydroxylation sites is 1. The van der Waals surface area contributed by atoms with Crippen LogP contribution >= 0.6 is 12.6 Å². The monoisotopic (exact) mass is 426 g/mol. The molecule has 0 atom stereocenters. The molecule has 0 aliphatic carbocycles. The molecule has 0 amide bonds. The minimum absolute atomic E-state index is 0.0339. The van der Waals surface area contributed by atoms with E-state index in [0.29, 0.717) is 17.2 Å². The van der Waals surface area contributed by atoms with Crippen LogP contribution in [0.5, 0.6) is 5.75 Å². The minimum Gasteiger partial charge on any atom is -0.288 e. The van der Waals surface area contributed by atoms with Crippen LogP contribution in [-0.2, 0) is 15.7 Å². The SMILES string of the molecule is CCCC(=Nc1ccccc1[S])OOc1ccc(C(C)(C)CC)cc1C(C)(C)CC. The normalized spacial score (nSPS) is 12.7. The molecule has 2 rings (SSSR count). The number of hydrogen-bond acceptors (Lipinski definition) is 3. The smallest absolute Gasteiger partial charge is 0.246 e. The molecule has 0 unspecified atom stereocenters. The summed E-state index contributed by atoms with van der Waals surface area (Å²) in [6, 6.07) is 14.1. The van der Waals surface area contributed by atoms with Gasteiger partial charge in [-0.15, -0.1) is 0 Å². The highest BCUT2D eigenvalue weighted by Gasteiger charge is 2.27. The van der Waals surface area contributed by atoms with E-state index >= 15 is 0 Å². The number of benzene rings is 2. The highest BCUT2D eigenvalue weighted by Crippen LogP contribution is 2.38. The molecule has 0 N–H and O–H groups in total. The molecule has 30 heavy (non-hydrogen) atoms. The van der Waals surface area contributed by atoms with Crippen LogP contribution in [0, 0.1) is 0 Å². The van der Waals surface area contributed by atoms with Crippen molar-refractivity contribution < 1.29 is 9.78 Å². The molecule has 3 nitrogen and oxygen atoms in total. The van der Waals surface area contributed by atoms with Gasteiger partial charge in [-0.05, 0) is 53.9 Å². The van der Waals surface area contributed by atoms with Crippen LogP contribution < -0.4 is 4.89 Å². The first-order valence-corrected chi connectivity index (χ1v) is 11.4. The zero-order valence-corrected chi connectivity index (χ0v) is 20.4. The lowest BCUT2D eigenvalue weighted by Gasteiger charge is -2.29. The molecule has 0 aromatic heterocycles. The Kier molecular flexibility index (Phi) is 8.31. The molecule has 0 fully saturated rings. The van der Waals surface area contributed by atoms with Crippen molar-refractivity contribution in [2.24, 2.45) is 4.99 Å². The van der Waals surface area contributed by atoms with Crippen molar-refractivity contribution in [1.82, 2.24) is 0 Å². The van der Waals surface area contributed by atoms with Crippen molar-refractivity contribution in [1.29, 1.82) is 0 Å². The van der Waals surface area contributed by atoms with Gasteiger partial charge in [-0.1, -0.05) is 85.4 Å². The average molecular weight is 427 g/mol. The molecule has 4 heteroatoms. The van der Waals surface area contributed by atoms with Gasteiger partial charge < -0.3 is 0 Å². The summed E-state index contributed by atoms with van der Waals surface area (Å²) in [7, 11) is 0. The van der Waals surface area contributed by atoms with Crippen molar-refractivity contribution in [3.05, 3.63) is 53.6 Å². The maximum atomic E-state index is 5.89. The third-order valence-electron chi connectivity index (χ3n) is 6.06. The summed E-state index contributed by atoms with van der Waals surface area (Å²) in [5, 5.41) is 0. The van der Waals surface area contributed by atoms with Gasteiger partial charge >= 0.3 is 0 Å². The fourth-order valence-electron chi connectivity index (χ4n) is 3.05. The van der Waals surface area contributed by atoms with E-state index in [1.54, 1.807) is 0 Å². The van der Waals surface area contributed by atoms with E-state index in [0.717, 1.165) is 36.3 Å². The fraction of sp³-hybridized carbons (Fsp3) is 0.500. The third-order valence-corrected chi connectivity index (χ3v) is 6.41. The van der Waals surface area contributed by atoms with E-state index in [4.69, 9.17) is 22.4 Å². The van der Waals surface area contributed by atoms with Gasteiger partial charge in [0, 0.05) is 12.0 Å². The molecular formula is C26H36NO2S. The van der Waals surface area contributed by atoms with Crippen molar-refractivity contribution in [2.45, 2.75) is 89.9 Å². The van der Waals surface area contributed by atoms with Crippen LogP contribution in [0.2, 0.25) is 0 Å². The molecule has 0 aliphatic heterocycles. The van der Waals surface area contributed by atoms with Gasteiger partial charge in [0.15, 0.2) is 5.75 Å². The molecule has 0 spiro atoms. The zero-order valence-electron chi connectivity index (χ0n) is 19.5. The van der Waals surface area contributed by atoms with Crippen molar-refractivity contribution in [2.75, 3.05) is 0 Å². The van der Waals surface area contributed by atoms with Gasteiger partial charge in [0.2, 0.25) is 5.90 Å². The topological polar surface area (TPSA) is 30.8 Å². The minimum atomic E-state index is -0.0339. The molecule has 163 valence electrons. The van der Waals surface area contributed by atoms with Crippen LogP contribution in [0.1, 0.15) is 85.3 Å². The predicted molar refractivity (Wildman–Crippen MR) is 129 cm³/mol. The van der Waals surface area contributed by atoms with Gasteiger partial charge in [0.1, 0.15) is 0 Å². The Labute approximate surface area is 188 Å². The molecule has 0 heterocycles. The molecule has 0 saturated carbocycles. The molecule has 2 aromatic carbocycles. The summed E-state index contributed by atoms with van der Waals surface area (Å²) in [6.07, 6.45) is 3.65. The maximum absolute atomic E-state index is 5.89. The van der Waals surface area contributed by atoms with Gasteiger partial charge in [-0.3, -0.25) is 9.78 Å². The second-order valence-electron chi connectivity index (χ2n) is 9.08. The first-order valence-electron chi connectivity index (χ1n) is 11.0. The van der Waals surface area contributed by atoms with Crippen molar-refractivity contribution in [3.8, 4) is 5.75 Å². The van der Waals surface area contributed by atoms with Gasteiger partial charge in [-0.2, -0.15) is 0 Å². The summed E-state index contributed by atoms with van der Waals surface area (Å²) in [4.78, 5) is 17.0. The Morgan fingerprint density at radius 3 is 2.20 bits per heavy atom. The Hall–Kier alpha value is -2.07. The molecule has 0 aliphatic rings. The lowest BCUT2D eigenvalue weighted by molar-refractivity contribution is -0.120. The molecular weight excluding hydrogens is 390 g/mol. The van der Waals surface area contributed by atoms with Crippen LogP contribution in [-0.4, -0.2) is 5.90 Å². The standard InChI is InChI=1S/C26H36NO2S/c1-8-13-24(27-21-14-11-12-15-23(21)30)29-28-22-17-16-19(25(4,5)9-2)18-20(22)26(6,7)10-3/h11-12,14-18H,8-10,13H2,1-7H3. The Morgan fingerprint density at radius 1 is 0.933 bits per heavy atom. The van der Waals surface area contributed by atoms with Crippen molar-refractivity contribution in [3.63, 3.8) is 0 Å². The predicted octanol–water partition coefficient (Wildman–Crippen LogP) is 8.46. The average Bonchev–Trinajstić information content (AvgIpc) is 2.73. The molecule has 0 saturated heterocycles. The van der Waals surface area contributed by atoms with E-state index < -0.39 is 0 Å². The first kappa shape index (κ1) is 24.2. The highest BCUT2D eigenvalue weighted by atomic mass is 32.1. The van der Waals surface area contributed by atoms with E-state index in [1.165, 1.54) is 5.56 Å². The largest absolute Gasteiger partial charge is 0.288 e. The Morgan fingerprint density at radius 2 is 1.60 bits per heavy atom. The van der Waals surface area contributed by atoms with E-state index in [-0.39, 0.29) is 10.8 Å². The van der Waals surface area contributed by atoms with Crippen molar-refractivity contribution >= 4 is 24.2 Å². The summed E-state index contributed by atoms with van der Waals surface area (Å²) < 4.78 is 0. The van der Waals surface area contributed by atoms with Crippen LogP contribution in [0.15, 0.2) is 52.4 Å². The quantitative estimate of drug-likeness (QED) is 0.174. The van der Waals surface area contributed by atoms with Gasteiger partial charge in [-0.25, -0.2) is 4.99 Å². The second-order valence-corrected chi connectivity index (χ2v) is 9.52. The molecule has 2 aromatic rings. The third kappa shape index (κ3) is 5.98. The van der Waals surface area contributed by atoms with Gasteiger partial charge in [0.25, 0.3) is 0 Å². The van der Waals surface area contributed by atoms with E-state index in [9.17, 15) is 0 Å². The lowest BCUT2D eigenvalue weighted by atomic mass is 9.76. The van der Waals surface area contributed by atoms with E-state index in [1.807, 2.05) is 30.3 Å². The number of nitrogens with zero attached hydrogens (tertiary/aromatic N) is 1. The zero-order chi connectivity index (χ0) is 22.4. The summed E-state index contributed by atoms with van der Waals surface area (Å²) in [5.74, 6) is 1.28. The van der Waals surface area contributed by atoms with Gasteiger partial charge in [0.05, 0.1) is 10.6 Å². The van der Waals surface area contributed by atoms with E-state index in [2.05, 4.69) is 65.6 Å². The van der Waals surface area contributed by atoms with Crippen LogP contribution in [0.25, 0.3) is 0 Å².